The van der Waals surface area contributed by atoms with Gasteiger partial charge in [0.1, 0.15) is 0 Å². The van der Waals surface area contributed by atoms with Gasteiger partial charge in [0.15, 0.2) is 0 Å². The van der Waals surface area contributed by atoms with E-state index in [-0.39, 0.29) is 0 Å². The second-order valence-electron chi connectivity index (χ2n) is 2.44. The number of hydrogen-bond donors (Lipinski definition) is 0. The van der Waals surface area contributed by atoms with Gasteiger partial charge in [0.05, 0.1) is 0 Å². The minimum Gasteiger partial charge on any atom is -0.0847 e. The molecule has 0 amide bonds. The van der Waals surface area contributed by atoms with E-state index in [9.17, 15) is 0 Å². The molecular weight excluding hydrogens is 144 g/mol. The summed E-state index contributed by atoms with van der Waals surface area (Å²) in [4.78, 5) is 0. The van der Waals surface area contributed by atoms with Crippen molar-refractivity contribution in [3.05, 3.63) is 46.6 Å². The second-order valence-corrected chi connectivity index (χ2v) is 2.88. The van der Waals surface area contributed by atoms with Gasteiger partial charge in [-0.3, -0.25) is 0 Å². The predicted molar refractivity (Wildman–Crippen MR) is 43.9 cm³/mol. The molecule has 0 fully saturated rings. The first-order valence-electron chi connectivity index (χ1n) is 3.31. The van der Waals surface area contributed by atoms with Crippen molar-refractivity contribution in [2.45, 2.75) is 6.42 Å². The van der Waals surface area contributed by atoms with Crippen LogP contribution in [0.15, 0.2) is 46.6 Å². The van der Waals surface area contributed by atoms with Gasteiger partial charge < -0.3 is 0 Å². The maximum atomic E-state index is 5.81. The average Bonchev–Trinajstić information content (AvgIpc) is 2.33. The van der Waals surface area contributed by atoms with Crippen LogP contribution in [0.3, 0.4) is 0 Å². The van der Waals surface area contributed by atoms with Crippen LogP contribution >= 0.6 is 11.6 Å². The lowest BCUT2D eigenvalue weighted by atomic mass is 10.0. The molecule has 0 unspecified atom stereocenters. The number of fused-ring (bicyclic) bond motifs is 1. The molecule has 0 bridgehead atoms. The summed E-state index contributed by atoms with van der Waals surface area (Å²) in [6, 6.07) is 0. The smallest absolute Gasteiger partial charge is 0.0375 e. The molecule has 0 atom stereocenters. The van der Waals surface area contributed by atoms with Crippen LogP contribution in [0.5, 0.6) is 0 Å². The van der Waals surface area contributed by atoms with Crippen molar-refractivity contribution in [1.82, 2.24) is 0 Å². The van der Waals surface area contributed by atoms with E-state index in [1.165, 1.54) is 11.1 Å². The van der Waals surface area contributed by atoms with Crippen LogP contribution in [-0.4, -0.2) is 0 Å². The Bertz CT molecular complexity index is 277. The summed E-state index contributed by atoms with van der Waals surface area (Å²) in [5.41, 5.74) is 2.65. The van der Waals surface area contributed by atoms with Gasteiger partial charge >= 0.3 is 0 Å². The normalized spacial score (nSPS) is 21.5. The lowest BCUT2D eigenvalue weighted by Gasteiger charge is -2.06. The van der Waals surface area contributed by atoms with E-state index in [0.717, 1.165) is 11.5 Å². The third-order valence-electron chi connectivity index (χ3n) is 1.75. The Kier molecular flexibility index (Phi) is 1.28. The molecule has 0 aromatic carbocycles. The quantitative estimate of drug-likeness (QED) is 0.498. The second kappa shape index (κ2) is 2.14. The molecule has 0 aliphatic heterocycles. The fourth-order valence-electron chi connectivity index (χ4n) is 1.21. The van der Waals surface area contributed by atoms with Gasteiger partial charge in [0, 0.05) is 5.03 Å². The number of hydrogen-bond acceptors (Lipinski definition) is 0. The minimum absolute atomic E-state index is 0.860. The Morgan fingerprint density at radius 3 is 3.20 bits per heavy atom. The van der Waals surface area contributed by atoms with E-state index in [2.05, 4.69) is 18.2 Å². The summed E-state index contributed by atoms with van der Waals surface area (Å²) >= 11 is 5.81. The highest BCUT2D eigenvalue weighted by atomic mass is 35.5. The molecular formula is C9H7Cl. The van der Waals surface area contributed by atoms with Crippen LogP contribution in [-0.2, 0) is 0 Å². The third-order valence-corrected chi connectivity index (χ3v) is 2.02. The highest BCUT2D eigenvalue weighted by Gasteiger charge is 2.09. The molecule has 0 saturated carbocycles. The van der Waals surface area contributed by atoms with Crippen molar-refractivity contribution in [2.75, 3.05) is 0 Å². The zero-order valence-corrected chi connectivity index (χ0v) is 6.23. The molecule has 0 saturated heterocycles. The lowest BCUT2D eigenvalue weighted by molar-refractivity contribution is 1.23. The molecule has 0 nitrogen and oxygen atoms in total. The maximum Gasteiger partial charge on any atom is 0.0375 e. The van der Waals surface area contributed by atoms with Gasteiger partial charge in [-0.2, -0.15) is 0 Å². The van der Waals surface area contributed by atoms with Gasteiger partial charge in [0.2, 0.25) is 0 Å². The standard InChI is InChI=1S/C9H7Cl/c10-9-5-4-7-2-1-3-8(7)6-9/h1-3,5-6H,4H2. The van der Waals surface area contributed by atoms with Crippen molar-refractivity contribution in [1.29, 1.82) is 0 Å². The topological polar surface area (TPSA) is 0 Å². The first-order valence-corrected chi connectivity index (χ1v) is 3.69. The van der Waals surface area contributed by atoms with E-state index >= 15 is 0 Å². The Morgan fingerprint density at radius 2 is 2.30 bits per heavy atom. The maximum absolute atomic E-state index is 5.81. The zero-order valence-electron chi connectivity index (χ0n) is 5.47. The van der Waals surface area contributed by atoms with Crippen LogP contribution < -0.4 is 0 Å². The Balaban J connectivity index is 2.43. The monoisotopic (exact) mass is 150 g/mol. The molecule has 50 valence electrons. The largest absolute Gasteiger partial charge is 0.0847 e. The fourth-order valence-corrected chi connectivity index (χ4v) is 1.41. The highest BCUT2D eigenvalue weighted by molar-refractivity contribution is 6.31. The van der Waals surface area contributed by atoms with Gasteiger partial charge in [0.25, 0.3) is 0 Å². The summed E-state index contributed by atoms with van der Waals surface area (Å²) in [6.45, 7) is 0. The molecule has 0 N–H and O–H groups in total. The molecule has 0 radical (unpaired) electrons. The molecule has 2 rings (SSSR count). The van der Waals surface area contributed by atoms with Gasteiger partial charge in [-0.05, 0) is 23.6 Å². The van der Waals surface area contributed by atoms with Crippen LogP contribution in [0.4, 0.5) is 0 Å². The fraction of sp³-hybridized carbons (Fsp3) is 0.111. The summed E-state index contributed by atoms with van der Waals surface area (Å²) in [6.07, 6.45) is 11.3. The predicted octanol–water partition coefficient (Wildman–Crippen LogP) is 2.94. The molecule has 0 aromatic heterocycles. The lowest BCUT2D eigenvalue weighted by Crippen LogP contribution is -1.87. The molecule has 2 aliphatic carbocycles. The summed E-state index contributed by atoms with van der Waals surface area (Å²) in [5.74, 6) is 0. The van der Waals surface area contributed by atoms with Crippen molar-refractivity contribution >= 4 is 11.6 Å². The molecule has 0 aromatic rings. The van der Waals surface area contributed by atoms with Gasteiger partial charge in [-0.1, -0.05) is 35.9 Å². The van der Waals surface area contributed by atoms with E-state index < -0.39 is 0 Å². The van der Waals surface area contributed by atoms with Crippen molar-refractivity contribution < 1.29 is 0 Å². The van der Waals surface area contributed by atoms with Crippen molar-refractivity contribution in [3.8, 4) is 0 Å². The molecule has 10 heavy (non-hydrogen) atoms. The number of rotatable bonds is 0. The van der Waals surface area contributed by atoms with Gasteiger partial charge in [-0.25, -0.2) is 0 Å². The SMILES string of the molecule is ClC1=CCC2=CC=CC2=C1. The van der Waals surface area contributed by atoms with E-state index in [4.69, 9.17) is 11.6 Å². The molecule has 0 heterocycles. The van der Waals surface area contributed by atoms with Crippen LogP contribution in [0.1, 0.15) is 6.42 Å². The number of allylic oxidation sites excluding steroid dienone is 8. The van der Waals surface area contributed by atoms with Crippen molar-refractivity contribution in [3.63, 3.8) is 0 Å². The van der Waals surface area contributed by atoms with Crippen LogP contribution in [0.2, 0.25) is 0 Å². The third kappa shape index (κ3) is 0.850. The van der Waals surface area contributed by atoms with Crippen molar-refractivity contribution in [2.24, 2.45) is 0 Å². The average molecular weight is 151 g/mol. The first kappa shape index (κ1) is 5.99. The summed E-state index contributed by atoms with van der Waals surface area (Å²) < 4.78 is 0. The summed E-state index contributed by atoms with van der Waals surface area (Å²) in [7, 11) is 0. The first-order chi connectivity index (χ1) is 4.86. The Labute approximate surface area is 65.2 Å². The molecule has 1 heteroatoms. The van der Waals surface area contributed by atoms with Crippen LogP contribution in [0.25, 0.3) is 0 Å². The molecule has 0 spiro atoms. The molecule has 2 aliphatic rings. The highest BCUT2D eigenvalue weighted by Crippen LogP contribution is 2.29. The van der Waals surface area contributed by atoms with Crippen LogP contribution in [0, 0.1) is 0 Å². The Hall–Kier alpha value is -0.750. The van der Waals surface area contributed by atoms with E-state index in [0.29, 0.717) is 0 Å². The number of halogens is 1. The Morgan fingerprint density at radius 1 is 1.40 bits per heavy atom. The van der Waals surface area contributed by atoms with E-state index in [1.54, 1.807) is 0 Å². The summed E-state index contributed by atoms with van der Waals surface area (Å²) in [5, 5.41) is 0.860. The minimum atomic E-state index is 0.860. The van der Waals surface area contributed by atoms with E-state index in [1.807, 2.05) is 12.2 Å². The van der Waals surface area contributed by atoms with Gasteiger partial charge in [-0.15, -0.1) is 0 Å². The zero-order chi connectivity index (χ0) is 6.97.